The van der Waals surface area contributed by atoms with Gasteiger partial charge in [0.1, 0.15) is 11.8 Å². The highest BCUT2D eigenvalue weighted by Crippen LogP contribution is 2.30. The predicted octanol–water partition coefficient (Wildman–Crippen LogP) is 2.24. The van der Waals surface area contributed by atoms with Gasteiger partial charge in [0.2, 0.25) is 5.88 Å². The minimum absolute atomic E-state index is 0.0543. The Kier molecular flexibility index (Phi) is 5.01. The van der Waals surface area contributed by atoms with E-state index in [1.807, 2.05) is 0 Å². The highest BCUT2D eigenvalue weighted by Gasteiger charge is 2.31. The van der Waals surface area contributed by atoms with Crippen LogP contribution in [-0.4, -0.2) is 33.0 Å². The second-order valence-corrected chi connectivity index (χ2v) is 6.10. The van der Waals surface area contributed by atoms with Crippen LogP contribution in [0, 0.1) is 0 Å². The summed E-state index contributed by atoms with van der Waals surface area (Å²) in [6.45, 7) is 0. The van der Waals surface area contributed by atoms with Crippen molar-refractivity contribution in [3.63, 3.8) is 0 Å². The Balaban J connectivity index is 1.48. The predicted molar refractivity (Wildman–Crippen MR) is 84.8 cm³/mol. The molecule has 1 aliphatic rings. The third-order valence-electron chi connectivity index (χ3n) is 4.20. The summed E-state index contributed by atoms with van der Waals surface area (Å²) in [7, 11) is 0. The molecule has 0 aliphatic heterocycles. The average molecular weight is 370 g/mol. The molecule has 3 rings (SSSR count). The van der Waals surface area contributed by atoms with E-state index < -0.39 is 17.4 Å². The average Bonchev–Trinajstić information content (AvgIpc) is 3.03. The van der Waals surface area contributed by atoms with Crippen molar-refractivity contribution in [2.24, 2.45) is 0 Å². The van der Waals surface area contributed by atoms with Gasteiger partial charge in [0, 0.05) is 24.5 Å². The molecule has 10 heteroatoms. The summed E-state index contributed by atoms with van der Waals surface area (Å²) in [5, 5.41) is 2.83. The Labute approximate surface area is 146 Å². The first-order chi connectivity index (χ1) is 12.3. The van der Waals surface area contributed by atoms with Crippen LogP contribution in [0.3, 0.4) is 0 Å². The Morgan fingerprint density at radius 3 is 2.50 bits per heavy atom. The number of nitrogens with zero attached hydrogens (tertiary/aromatic N) is 1. The van der Waals surface area contributed by atoms with Crippen molar-refractivity contribution in [3.05, 3.63) is 46.3 Å². The van der Waals surface area contributed by atoms with E-state index in [-0.39, 0.29) is 29.6 Å². The van der Waals surface area contributed by atoms with E-state index in [0.29, 0.717) is 25.7 Å². The number of hydrogen-bond acceptors (Lipinski definition) is 4. The number of carbonyl (C=O) groups excluding carboxylic acids is 1. The monoisotopic (exact) mass is 370 g/mol. The quantitative estimate of drug-likeness (QED) is 0.768. The molecule has 1 amide bonds. The number of aromatic nitrogens is 3. The summed E-state index contributed by atoms with van der Waals surface area (Å²) < 4.78 is 43.2. The maximum Gasteiger partial charge on any atom is 0.417 e. The minimum atomic E-state index is -4.43. The number of nitrogens with one attached hydrogen (secondary N) is 3. The van der Waals surface area contributed by atoms with Crippen molar-refractivity contribution in [2.75, 3.05) is 0 Å². The molecule has 1 aliphatic carbocycles. The van der Waals surface area contributed by atoms with Crippen LogP contribution in [0.1, 0.15) is 41.7 Å². The molecule has 0 aromatic carbocycles. The molecule has 3 N–H and O–H groups in total. The first kappa shape index (κ1) is 18.0. The largest absolute Gasteiger partial charge is 0.474 e. The molecular formula is C16H17F3N4O3. The molecule has 1 saturated carbocycles. The fraction of sp³-hybridized carbons (Fsp3) is 0.438. The summed E-state index contributed by atoms with van der Waals surface area (Å²) in [5.41, 5.74) is -1.10. The zero-order valence-corrected chi connectivity index (χ0v) is 13.6. The van der Waals surface area contributed by atoms with Gasteiger partial charge < -0.3 is 20.0 Å². The molecule has 1 fully saturated rings. The van der Waals surface area contributed by atoms with Gasteiger partial charge in [0.15, 0.2) is 0 Å². The van der Waals surface area contributed by atoms with Crippen molar-refractivity contribution in [1.29, 1.82) is 0 Å². The zero-order valence-electron chi connectivity index (χ0n) is 13.6. The van der Waals surface area contributed by atoms with Crippen molar-refractivity contribution in [3.8, 4) is 5.88 Å². The number of pyridine rings is 1. The number of amides is 1. The number of alkyl halides is 3. The van der Waals surface area contributed by atoms with E-state index in [4.69, 9.17) is 4.74 Å². The summed E-state index contributed by atoms with van der Waals surface area (Å²) in [5.74, 6) is -0.215. The number of carbonyl (C=O) groups is 1. The van der Waals surface area contributed by atoms with Crippen LogP contribution >= 0.6 is 0 Å². The van der Waals surface area contributed by atoms with Crippen molar-refractivity contribution < 1.29 is 22.7 Å². The van der Waals surface area contributed by atoms with Gasteiger partial charge in [-0.25, -0.2) is 9.78 Å². The Morgan fingerprint density at radius 2 is 1.96 bits per heavy atom. The summed E-state index contributed by atoms with van der Waals surface area (Å²) in [4.78, 5) is 31.4. The number of hydrogen-bond donors (Lipinski definition) is 3. The van der Waals surface area contributed by atoms with Gasteiger partial charge in [-0.05, 0) is 31.7 Å². The Hall–Kier alpha value is -2.78. The number of halogens is 3. The van der Waals surface area contributed by atoms with Crippen LogP contribution in [0.5, 0.6) is 5.88 Å². The summed E-state index contributed by atoms with van der Waals surface area (Å²) in [6.07, 6.45) is 0.0541. The van der Waals surface area contributed by atoms with E-state index in [9.17, 15) is 22.8 Å². The number of ether oxygens (including phenoxy) is 1. The number of aromatic amines is 2. The molecule has 0 saturated heterocycles. The van der Waals surface area contributed by atoms with Crippen molar-refractivity contribution in [1.82, 2.24) is 20.3 Å². The lowest BCUT2D eigenvalue weighted by atomic mass is 9.93. The normalized spacial score (nSPS) is 20.6. The third-order valence-corrected chi connectivity index (χ3v) is 4.20. The van der Waals surface area contributed by atoms with E-state index in [2.05, 4.69) is 20.3 Å². The lowest BCUT2D eigenvalue weighted by molar-refractivity contribution is -0.137. The highest BCUT2D eigenvalue weighted by atomic mass is 19.4. The fourth-order valence-corrected chi connectivity index (χ4v) is 2.83. The van der Waals surface area contributed by atoms with Crippen LogP contribution in [-0.2, 0) is 6.18 Å². The van der Waals surface area contributed by atoms with E-state index in [1.54, 1.807) is 0 Å². The molecule has 7 nitrogen and oxygen atoms in total. The van der Waals surface area contributed by atoms with Crippen LogP contribution < -0.4 is 15.7 Å². The zero-order chi connectivity index (χ0) is 18.7. The second-order valence-electron chi connectivity index (χ2n) is 6.10. The molecule has 0 unspecified atom stereocenters. The van der Waals surface area contributed by atoms with Crippen LogP contribution in [0.2, 0.25) is 0 Å². The Morgan fingerprint density at radius 1 is 1.23 bits per heavy atom. The SMILES string of the molecule is O=C(NC1CCC(Oc2ccc(C(F)(F)F)cn2)CC1)c1c[nH]c(=O)[nH]1. The molecule has 2 aromatic heterocycles. The van der Waals surface area contributed by atoms with Crippen molar-refractivity contribution in [2.45, 2.75) is 44.0 Å². The standard InChI is InChI=1S/C16H17F3N4O3/c17-16(18,19)9-1-6-13(20-7-9)26-11-4-2-10(3-5-11)22-14(24)12-8-21-15(25)23-12/h1,6-8,10-11H,2-5H2,(H,22,24)(H2,21,23,25). The Bertz CT molecular complexity index is 805. The molecule has 0 radical (unpaired) electrons. The molecule has 26 heavy (non-hydrogen) atoms. The van der Waals surface area contributed by atoms with Gasteiger partial charge >= 0.3 is 11.9 Å². The summed E-state index contributed by atoms with van der Waals surface area (Å²) >= 11 is 0. The van der Waals surface area contributed by atoms with Gasteiger partial charge in [-0.15, -0.1) is 0 Å². The fourth-order valence-electron chi connectivity index (χ4n) is 2.83. The van der Waals surface area contributed by atoms with Gasteiger partial charge in [0.25, 0.3) is 5.91 Å². The summed E-state index contributed by atoms with van der Waals surface area (Å²) in [6, 6.07) is 2.09. The minimum Gasteiger partial charge on any atom is -0.474 e. The molecule has 0 spiro atoms. The lowest BCUT2D eigenvalue weighted by Gasteiger charge is -2.29. The van der Waals surface area contributed by atoms with Gasteiger partial charge in [0.05, 0.1) is 5.56 Å². The molecule has 2 aromatic rings. The highest BCUT2D eigenvalue weighted by molar-refractivity contribution is 5.92. The molecule has 0 bridgehead atoms. The molecule has 2 heterocycles. The maximum atomic E-state index is 12.5. The van der Waals surface area contributed by atoms with Gasteiger partial charge in [-0.3, -0.25) is 4.79 Å². The second kappa shape index (κ2) is 7.22. The number of H-pyrrole nitrogens is 2. The van der Waals surface area contributed by atoms with E-state index in [1.165, 1.54) is 12.3 Å². The van der Waals surface area contributed by atoms with Crippen LogP contribution in [0.4, 0.5) is 13.2 Å². The molecule has 140 valence electrons. The molecular weight excluding hydrogens is 353 g/mol. The van der Waals surface area contributed by atoms with Crippen LogP contribution in [0.25, 0.3) is 0 Å². The smallest absolute Gasteiger partial charge is 0.417 e. The number of imidazole rings is 1. The maximum absolute atomic E-state index is 12.5. The first-order valence-corrected chi connectivity index (χ1v) is 8.10. The third kappa shape index (κ3) is 4.44. The first-order valence-electron chi connectivity index (χ1n) is 8.10. The van der Waals surface area contributed by atoms with Gasteiger partial charge in [-0.1, -0.05) is 0 Å². The van der Waals surface area contributed by atoms with E-state index >= 15 is 0 Å². The van der Waals surface area contributed by atoms with Gasteiger partial charge in [-0.2, -0.15) is 13.2 Å². The lowest BCUT2D eigenvalue weighted by Crippen LogP contribution is -2.40. The van der Waals surface area contributed by atoms with E-state index in [0.717, 1.165) is 12.3 Å². The molecule has 0 atom stereocenters. The topological polar surface area (TPSA) is 99.9 Å². The van der Waals surface area contributed by atoms with Crippen LogP contribution in [0.15, 0.2) is 29.3 Å². The van der Waals surface area contributed by atoms with Crippen molar-refractivity contribution >= 4 is 5.91 Å². The number of rotatable bonds is 4.